The molecule has 0 radical (unpaired) electrons. The number of halogens is 2. The van der Waals surface area contributed by atoms with Crippen molar-refractivity contribution in [2.45, 2.75) is 26.3 Å². The van der Waals surface area contributed by atoms with Gasteiger partial charge in [0.05, 0.1) is 29.3 Å². The molecule has 1 aliphatic rings. The topological polar surface area (TPSA) is 56.8 Å². The maximum Gasteiger partial charge on any atom is 0.258 e. The molecule has 1 heterocycles. The van der Waals surface area contributed by atoms with Crippen molar-refractivity contribution in [3.63, 3.8) is 0 Å². The Balaban J connectivity index is 1.69. The fourth-order valence-electron chi connectivity index (χ4n) is 2.98. The lowest BCUT2D eigenvalue weighted by Gasteiger charge is -2.24. The largest absolute Gasteiger partial charge is 0.490 e. The van der Waals surface area contributed by atoms with Gasteiger partial charge >= 0.3 is 0 Å². The van der Waals surface area contributed by atoms with E-state index >= 15 is 0 Å². The first kappa shape index (κ1) is 20.6. The third-order valence-corrected chi connectivity index (χ3v) is 4.98. The Morgan fingerprint density at radius 2 is 1.79 bits per heavy atom. The monoisotopic (exact) mass is 423 g/mol. The highest BCUT2D eigenvalue weighted by molar-refractivity contribution is 6.37. The molecule has 150 valence electrons. The van der Waals surface area contributed by atoms with Gasteiger partial charge in [0.25, 0.3) is 5.91 Å². The molecule has 5 nitrogen and oxygen atoms in total. The first-order valence-electron chi connectivity index (χ1n) is 9.21. The molecule has 2 aromatic carbocycles. The summed E-state index contributed by atoms with van der Waals surface area (Å²) in [6.45, 7) is 5.15. The second-order valence-electron chi connectivity index (χ2n) is 6.89. The minimum Gasteiger partial charge on any atom is -0.490 e. The number of hydrogen-bond acceptors (Lipinski definition) is 4. The molecule has 2 aromatic rings. The van der Waals surface area contributed by atoms with Crippen LogP contribution in [0.1, 0.15) is 31.9 Å². The van der Waals surface area contributed by atoms with Crippen LogP contribution < -0.4 is 19.5 Å². The normalized spacial score (nSPS) is 14.3. The standard InChI is InChI=1S/C21H23Cl2NO4/c1-13(2)20(14-7-8-17-18(11-14)27-10-4-9-26-17)24-19(25)12-28-21-15(22)5-3-6-16(21)23/h3,5-8,11,13,20H,4,9-10,12H2,1-2H3,(H,24,25). The third-order valence-electron chi connectivity index (χ3n) is 4.38. The molecule has 1 amide bonds. The van der Waals surface area contributed by atoms with Crippen LogP contribution in [0.2, 0.25) is 10.0 Å². The predicted molar refractivity (Wildman–Crippen MR) is 110 cm³/mol. The Kier molecular flexibility index (Phi) is 6.92. The number of ether oxygens (including phenoxy) is 3. The van der Waals surface area contributed by atoms with E-state index in [2.05, 4.69) is 5.32 Å². The molecule has 28 heavy (non-hydrogen) atoms. The number of hydrogen-bond donors (Lipinski definition) is 1. The molecule has 1 unspecified atom stereocenters. The quantitative estimate of drug-likeness (QED) is 0.706. The van der Waals surface area contributed by atoms with Gasteiger partial charge in [-0.25, -0.2) is 0 Å². The highest BCUT2D eigenvalue weighted by Gasteiger charge is 2.21. The summed E-state index contributed by atoms with van der Waals surface area (Å²) in [5.74, 6) is 1.64. The van der Waals surface area contributed by atoms with E-state index in [-0.39, 0.29) is 24.5 Å². The van der Waals surface area contributed by atoms with Crippen LogP contribution >= 0.6 is 23.2 Å². The number of benzene rings is 2. The SMILES string of the molecule is CC(C)C(NC(=O)COc1c(Cl)cccc1Cl)c1ccc2c(c1)OCCCO2. The van der Waals surface area contributed by atoms with Gasteiger partial charge in [-0.1, -0.05) is 49.2 Å². The summed E-state index contributed by atoms with van der Waals surface area (Å²) in [6.07, 6.45) is 0.844. The number of amides is 1. The molecule has 0 saturated carbocycles. The van der Waals surface area contributed by atoms with Crippen molar-refractivity contribution in [2.24, 2.45) is 5.92 Å². The van der Waals surface area contributed by atoms with E-state index in [4.69, 9.17) is 37.4 Å². The minimum atomic E-state index is -0.262. The van der Waals surface area contributed by atoms with Crippen molar-refractivity contribution in [3.8, 4) is 17.2 Å². The molecule has 1 aliphatic heterocycles. The van der Waals surface area contributed by atoms with Crippen LogP contribution in [0.15, 0.2) is 36.4 Å². The lowest BCUT2D eigenvalue weighted by atomic mass is 9.95. The van der Waals surface area contributed by atoms with Crippen LogP contribution in [-0.4, -0.2) is 25.7 Å². The number of fused-ring (bicyclic) bond motifs is 1. The molecule has 7 heteroatoms. The van der Waals surface area contributed by atoms with Gasteiger partial charge in [0, 0.05) is 6.42 Å². The maximum atomic E-state index is 12.5. The van der Waals surface area contributed by atoms with E-state index in [9.17, 15) is 4.79 Å². The van der Waals surface area contributed by atoms with Crippen molar-refractivity contribution < 1.29 is 19.0 Å². The summed E-state index contributed by atoms with van der Waals surface area (Å²) < 4.78 is 17.0. The zero-order chi connectivity index (χ0) is 20.1. The lowest BCUT2D eigenvalue weighted by molar-refractivity contribution is -0.124. The van der Waals surface area contributed by atoms with Gasteiger partial charge in [-0.2, -0.15) is 0 Å². The highest BCUT2D eigenvalue weighted by atomic mass is 35.5. The van der Waals surface area contributed by atoms with Crippen LogP contribution in [0.25, 0.3) is 0 Å². The molecule has 0 spiro atoms. The zero-order valence-corrected chi connectivity index (χ0v) is 17.3. The second kappa shape index (κ2) is 9.39. The molecular formula is C21H23Cl2NO4. The van der Waals surface area contributed by atoms with E-state index in [0.717, 1.165) is 17.7 Å². The number of para-hydroxylation sites is 1. The van der Waals surface area contributed by atoms with Gasteiger partial charge < -0.3 is 19.5 Å². The highest BCUT2D eigenvalue weighted by Crippen LogP contribution is 2.34. The fourth-order valence-corrected chi connectivity index (χ4v) is 3.49. The molecule has 0 fully saturated rings. The second-order valence-corrected chi connectivity index (χ2v) is 7.70. The summed E-state index contributed by atoms with van der Waals surface area (Å²) in [7, 11) is 0. The summed E-state index contributed by atoms with van der Waals surface area (Å²) >= 11 is 12.2. The van der Waals surface area contributed by atoms with Crippen molar-refractivity contribution >= 4 is 29.1 Å². The van der Waals surface area contributed by atoms with Crippen LogP contribution in [-0.2, 0) is 4.79 Å². The third kappa shape index (κ3) is 5.03. The number of carbonyl (C=O) groups is 1. The van der Waals surface area contributed by atoms with Crippen molar-refractivity contribution in [1.82, 2.24) is 5.32 Å². The Morgan fingerprint density at radius 3 is 2.46 bits per heavy atom. The van der Waals surface area contributed by atoms with Gasteiger partial charge in [-0.3, -0.25) is 4.79 Å². The Labute approximate surface area is 174 Å². The lowest BCUT2D eigenvalue weighted by Crippen LogP contribution is -2.35. The van der Waals surface area contributed by atoms with E-state index in [1.807, 2.05) is 32.0 Å². The predicted octanol–water partition coefficient (Wildman–Crippen LogP) is 5.05. The molecule has 0 aliphatic carbocycles. The summed E-state index contributed by atoms with van der Waals surface area (Å²) in [4.78, 5) is 12.5. The van der Waals surface area contributed by atoms with Crippen molar-refractivity contribution in [1.29, 1.82) is 0 Å². The van der Waals surface area contributed by atoms with E-state index in [1.54, 1.807) is 18.2 Å². The smallest absolute Gasteiger partial charge is 0.258 e. The fraction of sp³-hybridized carbons (Fsp3) is 0.381. The molecule has 3 rings (SSSR count). The minimum absolute atomic E-state index is 0.164. The van der Waals surface area contributed by atoms with Gasteiger partial charge in [0.2, 0.25) is 0 Å². The number of carbonyl (C=O) groups excluding carboxylic acids is 1. The van der Waals surface area contributed by atoms with E-state index < -0.39 is 0 Å². The summed E-state index contributed by atoms with van der Waals surface area (Å²) in [5, 5.41) is 3.75. The molecule has 0 saturated heterocycles. The van der Waals surface area contributed by atoms with Crippen LogP contribution in [0, 0.1) is 5.92 Å². The van der Waals surface area contributed by atoms with Crippen LogP contribution in [0.3, 0.4) is 0 Å². The first-order valence-corrected chi connectivity index (χ1v) is 9.97. The van der Waals surface area contributed by atoms with Crippen molar-refractivity contribution in [2.75, 3.05) is 19.8 Å². The molecule has 0 bridgehead atoms. The van der Waals surface area contributed by atoms with Gasteiger partial charge in [0.1, 0.15) is 0 Å². The molecule has 1 N–H and O–H groups in total. The Morgan fingerprint density at radius 1 is 1.11 bits per heavy atom. The first-order chi connectivity index (χ1) is 13.5. The molecule has 1 atom stereocenters. The zero-order valence-electron chi connectivity index (χ0n) is 15.8. The average Bonchev–Trinajstić information content (AvgIpc) is 2.90. The maximum absolute atomic E-state index is 12.5. The average molecular weight is 424 g/mol. The summed E-state index contributed by atoms with van der Waals surface area (Å²) in [5.41, 5.74) is 0.948. The Bertz CT molecular complexity index is 821. The molecular weight excluding hydrogens is 401 g/mol. The van der Waals surface area contributed by atoms with Gasteiger partial charge in [-0.15, -0.1) is 0 Å². The van der Waals surface area contributed by atoms with Crippen LogP contribution in [0.5, 0.6) is 17.2 Å². The van der Waals surface area contributed by atoms with Gasteiger partial charge in [0.15, 0.2) is 23.9 Å². The molecule has 0 aromatic heterocycles. The van der Waals surface area contributed by atoms with Crippen molar-refractivity contribution in [3.05, 3.63) is 52.0 Å². The van der Waals surface area contributed by atoms with E-state index in [1.165, 1.54) is 0 Å². The van der Waals surface area contributed by atoms with Gasteiger partial charge in [-0.05, 0) is 35.7 Å². The number of rotatable bonds is 6. The summed E-state index contributed by atoms with van der Waals surface area (Å²) in [6, 6.07) is 10.6. The van der Waals surface area contributed by atoms with E-state index in [0.29, 0.717) is 34.8 Å². The number of nitrogens with one attached hydrogen (secondary N) is 1. The Hall–Kier alpha value is -2.11. The van der Waals surface area contributed by atoms with Crippen LogP contribution in [0.4, 0.5) is 0 Å².